The lowest BCUT2D eigenvalue weighted by atomic mass is 9.95. The topological polar surface area (TPSA) is 129 Å². The van der Waals surface area contributed by atoms with E-state index in [0.717, 1.165) is 60.4 Å². The minimum atomic E-state index is -4.43. The molecule has 74 heavy (non-hydrogen) atoms. The Morgan fingerprint density at radius 2 is 1.04 bits per heavy atom. The van der Waals surface area contributed by atoms with E-state index in [9.17, 15) is 50.6 Å². The Labute approximate surface area is 428 Å². The van der Waals surface area contributed by atoms with Crippen molar-refractivity contribution in [3.8, 4) is 11.5 Å². The summed E-state index contributed by atoms with van der Waals surface area (Å²) >= 11 is 0. The Balaban J connectivity index is 0.000000217. The Morgan fingerprint density at radius 3 is 1.45 bits per heavy atom. The van der Waals surface area contributed by atoms with Gasteiger partial charge in [-0.15, -0.1) is 0 Å². The molecule has 1 N–H and O–H groups in total. The fourth-order valence-corrected chi connectivity index (χ4v) is 10.3. The first-order chi connectivity index (χ1) is 35.1. The number of carbonyl (C=O) groups is 4. The number of benzene rings is 4. The van der Waals surface area contributed by atoms with E-state index in [-0.39, 0.29) is 73.0 Å². The minimum absolute atomic E-state index is 0.00257. The van der Waals surface area contributed by atoms with Crippen LogP contribution in [0.1, 0.15) is 117 Å². The van der Waals surface area contributed by atoms with Crippen LogP contribution in [0.25, 0.3) is 0 Å². The number of rotatable bonds is 15. The number of nitrogens with zero attached hydrogens (tertiary/aromatic N) is 4. The van der Waals surface area contributed by atoms with Gasteiger partial charge in [0.2, 0.25) is 11.8 Å². The summed E-state index contributed by atoms with van der Waals surface area (Å²) < 4.78 is 97.9. The van der Waals surface area contributed by atoms with E-state index in [1.807, 2.05) is 28.0 Å². The number of likely N-dealkylation sites (tertiary alicyclic amines) is 2. The first-order valence-corrected chi connectivity index (χ1v) is 25.5. The van der Waals surface area contributed by atoms with Crippen molar-refractivity contribution in [2.24, 2.45) is 11.8 Å². The number of ether oxygens (including phenoxy) is 3. The number of carbonyl (C=O) groups excluding carboxylic acids is 3. The van der Waals surface area contributed by atoms with Crippen molar-refractivity contribution in [3.63, 3.8) is 0 Å². The molecule has 0 saturated carbocycles. The summed E-state index contributed by atoms with van der Waals surface area (Å²) in [5.41, 5.74) is 3.66. The van der Waals surface area contributed by atoms with Gasteiger partial charge < -0.3 is 29.1 Å². The fourth-order valence-electron chi connectivity index (χ4n) is 10.3. The van der Waals surface area contributed by atoms with Crippen molar-refractivity contribution < 1.29 is 64.8 Å². The number of fused-ring (bicyclic) bond motifs is 2. The maximum absolute atomic E-state index is 13.5. The number of anilines is 2. The van der Waals surface area contributed by atoms with E-state index in [4.69, 9.17) is 14.2 Å². The van der Waals surface area contributed by atoms with E-state index in [1.165, 1.54) is 12.1 Å². The van der Waals surface area contributed by atoms with Crippen LogP contribution in [-0.4, -0.2) is 97.6 Å². The maximum Gasteiger partial charge on any atom is 0.416 e. The van der Waals surface area contributed by atoms with Gasteiger partial charge in [-0.25, -0.2) is 0 Å². The van der Waals surface area contributed by atoms with E-state index < -0.39 is 35.4 Å². The van der Waals surface area contributed by atoms with Gasteiger partial charge in [-0.1, -0.05) is 52.0 Å². The monoisotopic (exact) mass is 1040 g/mol. The Morgan fingerprint density at radius 1 is 0.608 bits per heavy atom. The van der Waals surface area contributed by atoms with Crippen LogP contribution in [0.3, 0.4) is 0 Å². The number of piperidine rings is 2. The molecule has 0 bridgehead atoms. The molecule has 12 nitrogen and oxygen atoms in total. The van der Waals surface area contributed by atoms with E-state index in [1.54, 1.807) is 74.8 Å². The average Bonchev–Trinajstić information content (AvgIpc) is 3.99. The standard InChI is InChI=1S/C29H35F3N2O4.C27H31F3N2O4/c1-4-37-28(36)22-6-5-12-33(16-22)17-27(35)34-13-11-21-15-23(8-10-26(21)34)38-18-20-7-9-24(19(2)3)25(14-20)29(30,31)32;1-17(2)22-7-5-18(12-23(22)27(28,29)30)16-36-21-6-8-24-19(13-21)9-11-32(24)25(33)15-31-10-3-4-20(14-31)26(34)35/h7-10,14-15,19,22H,4-6,11-13,16-18H2,1-3H3;5-8,12-13,17,20H,3-4,9-11,14-16H2,1-2H3,(H,34,35)/t22-;20-/m11/s1. The molecule has 0 radical (unpaired) electrons. The second-order valence-corrected chi connectivity index (χ2v) is 20.1. The van der Waals surface area contributed by atoms with Crippen LogP contribution in [0.2, 0.25) is 0 Å². The van der Waals surface area contributed by atoms with E-state index in [2.05, 4.69) is 0 Å². The molecule has 4 aliphatic heterocycles. The predicted octanol–water partition coefficient (Wildman–Crippen LogP) is 10.7. The van der Waals surface area contributed by atoms with E-state index >= 15 is 0 Å². The molecule has 18 heteroatoms. The third kappa shape index (κ3) is 14.0. The lowest BCUT2D eigenvalue weighted by Crippen LogP contribution is -2.45. The normalized spacial score (nSPS) is 18.2. The van der Waals surface area contributed by atoms with Gasteiger partial charge in [0.1, 0.15) is 24.7 Å². The Bertz CT molecular complexity index is 2660. The number of carboxylic acid groups (broad SMARTS) is 1. The number of amides is 2. The van der Waals surface area contributed by atoms with Crippen molar-refractivity contribution in [1.82, 2.24) is 9.80 Å². The number of esters is 1. The molecular weight excluding hydrogens is 971 g/mol. The molecular formula is C56H66F6N4O8. The summed E-state index contributed by atoms with van der Waals surface area (Å²) in [4.78, 5) is 56.9. The number of aliphatic carboxylic acids is 1. The zero-order valence-electron chi connectivity index (χ0n) is 42.6. The highest BCUT2D eigenvalue weighted by Crippen LogP contribution is 2.39. The summed E-state index contributed by atoms with van der Waals surface area (Å²) in [6.45, 7) is 13.0. The molecule has 2 amide bonds. The van der Waals surface area contributed by atoms with Crippen molar-refractivity contribution in [3.05, 3.63) is 117 Å². The second-order valence-electron chi connectivity index (χ2n) is 20.1. The number of hydrogen-bond donors (Lipinski definition) is 1. The fraction of sp³-hybridized carbons (Fsp3) is 0.500. The van der Waals surface area contributed by atoms with Crippen LogP contribution in [0, 0.1) is 11.8 Å². The largest absolute Gasteiger partial charge is 0.489 e. The highest BCUT2D eigenvalue weighted by atomic mass is 19.4. The van der Waals surface area contributed by atoms with Crippen molar-refractivity contribution in [1.29, 1.82) is 0 Å². The first-order valence-electron chi connectivity index (χ1n) is 25.5. The minimum Gasteiger partial charge on any atom is -0.489 e. The number of alkyl halides is 6. The van der Waals surface area contributed by atoms with Crippen LogP contribution in [-0.2, 0) is 62.3 Å². The molecule has 2 atom stereocenters. The molecule has 4 aliphatic rings. The molecule has 0 aliphatic carbocycles. The predicted molar refractivity (Wildman–Crippen MR) is 267 cm³/mol. The number of carboxylic acids is 1. The second kappa shape index (κ2) is 24.0. The van der Waals surface area contributed by atoms with Gasteiger partial charge in [0.25, 0.3) is 0 Å². The van der Waals surface area contributed by atoms with Crippen molar-refractivity contribution in [2.45, 2.75) is 111 Å². The van der Waals surface area contributed by atoms with Gasteiger partial charge in [0.15, 0.2) is 0 Å². The first kappa shape index (κ1) is 55.6. The van der Waals surface area contributed by atoms with Gasteiger partial charge >= 0.3 is 24.3 Å². The van der Waals surface area contributed by atoms with Crippen LogP contribution in [0.15, 0.2) is 72.8 Å². The van der Waals surface area contributed by atoms with E-state index in [0.29, 0.717) is 81.2 Å². The quantitative estimate of drug-likeness (QED) is 0.0908. The SMILES string of the molecule is CC(C)c1ccc(COc2ccc3c(c2)CCN3C(=O)CN2CCC[C@@H](C(=O)O)C2)cc1C(F)(F)F.CCOC(=O)[C@@H]1CCCN(CC(=O)N2CCc3cc(OCc4ccc(C(C)C)c(C(F)(F)F)c4)ccc32)C1. The average molecular weight is 1040 g/mol. The van der Waals surface area contributed by atoms with Crippen LogP contribution < -0.4 is 19.3 Å². The zero-order chi connectivity index (χ0) is 53.5. The Kier molecular flexibility index (Phi) is 18.1. The molecule has 4 aromatic carbocycles. The molecule has 2 fully saturated rings. The van der Waals surface area contributed by atoms with Gasteiger partial charge in [0, 0.05) is 37.6 Å². The summed E-state index contributed by atoms with van der Waals surface area (Å²) in [6, 6.07) is 19.5. The molecule has 400 valence electrons. The summed E-state index contributed by atoms with van der Waals surface area (Å²) in [5, 5.41) is 9.27. The summed E-state index contributed by atoms with van der Waals surface area (Å²) in [5.74, 6) is -1.15. The summed E-state index contributed by atoms with van der Waals surface area (Å²) in [6.07, 6.45) is -4.52. The van der Waals surface area contributed by atoms with Crippen LogP contribution >= 0.6 is 0 Å². The van der Waals surface area contributed by atoms with Gasteiger partial charge in [0.05, 0.1) is 42.7 Å². The van der Waals surface area contributed by atoms with Gasteiger partial charge in [-0.2, -0.15) is 26.3 Å². The molecule has 2 saturated heterocycles. The van der Waals surface area contributed by atoms with Crippen LogP contribution in [0.4, 0.5) is 37.7 Å². The Hall–Kier alpha value is -6.14. The van der Waals surface area contributed by atoms with Crippen molar-refractivity contribution >= 4 is 35.1 Å². The zero-order valence-corrected chi connectivity index (χ0v) is 42.6. The number of halogens is 6. The third-order valence-electron chi connectivity index (χ3n) is 14.1. The molecule has 0 spiro atoms. The number of hydrogen-bond acceptors (Lipinski definition) is 9. The lowest BCUT2D eigenvalue weighted by molar-refractivity contribution is -0.150. The summed E-state index contributed by atoms with van der Waals surface area (Å²) in [7, 11) is 0. The third-order valence-corrected chi connectivity index (χ3v) is 14.1. The molecule has 0 aromatic heterocycles. The van der Waals surface area contributed by atoms with Gasteiger partial charge in [-0.3, -0.25) is 29.0 Å². The smallest absolute Gasteiger partial charge is 0.416 e. The van der Waals surface area contributed by atoms with Gasteiger partial charge in [-0.05, 0) is 152 Å². The van der Waals surface area contributed by atoms with Crippen molar-refractivity contribution in [2.75, 3.05) is 68.8 Å². The molecule has 8 rings (SSSR count). The molecule has 4 heterocycles. The highest BCUT2D eigenvalue weighted by Gasteiger charge is 2.37. The highest BCUT2D eigenvalue weighted by molar-refractivity contribution is 5.97. The van der Waals surface area contributed by atoms with Crippen LogP contribution in [0.5, 0.6) is 11.5 Å². The molecule has 4 aromatic rings. The lowest BCUT2D eigenvalue weighted by Gasteiger charge is -2.32. The molecule has 0 unspecified atom stereocenters. The maximum atomic E-state index is 13.5.